The second-order valence-corrected chi connectivity index (χ2v) is 7.64. The predicted octanol–water partition coefficient (Wildman–Crippen LogP) is 4.11. The number of nitrogens with zero attached hydrogens (tertiary/aromatic N) is 3. The number of benzene rings is 2. The third-order valence-corrected chi connectivity index (χ3v) is 5.55. The quantitative estimate of drug-likeness (QED) is 0.558. The van der Waals surface area contributed by atoms with Crippen LogP contribution in [0.1, 0.15) is 34.3 Å². The first-order valence-corrected chi connectivity index (χ1v) is 9.42. The number of nitro groups is 1. The Morgan fingerprint density at radius 3 is 2.50 bits per heavy atom. The van der Waals surface area contributed by atoms with Crippen LogP contribution in [0.2, 0.25) is 0 Å². The maximum Gasteiger partial charge on any atom is 0.282 e. The van der Waals surface area contributed by atoms with Gasteiger partial charge in [-0.05, 0) is 48.2 Å². The number of anilines is 1. The summed E-state index contributed by atoms with van der Waals surface area (Å²) in [6.07, 6.45) is 1.91. The third-order valence-electron chi connectivity index (χ3n) is 5.06. The minimum atomic E-state index is -0.469. The predicted molar refractivity (Wildman–Crippen MR) is 102 cm³/mol. The molecule has 1 amide bonds. The number of carbonyl (C=O) groups excluding carboxylic acids is 1. The Bertz CT molecular complexity index is 894. The highest BCUT2D eigenvalue weighted by Crippen LogP contribution is 2.33. The molecule has 0 bridgehead atoms. The van der Waals surface area contributed by atoms with Gasteiger partial charge in [0.1, 0.15) is 5.56 Å². The van der Waals surface area contributed by atoms with Crippen molar-refractivity contribution < 1.29 is 9.72 Å². The van der Waals surface area contributed by atoms with E-state index >= 15 is 0 Å². The monoisotopic (exact) mass is 415 g/mol. The molecule has 0 radical (unpaired) electrons. The first kappa shape index (κ1) is 17.0. The zero-order chi connectivity index (χ0) is 18.3. The van der Waals surface area contributed by atoms with Gasteiger partial charge in [-0.1, -0.05) is 22.0 Å². The summed E-state index contributed by atoms with van der Waals surface area (Å²) in [5.41, 5.74) is 3.37. The fourth-order valence-electron chi connectivity index (χ4n) is 3.69. The van der Waals surface area contributed by atoms with Crippen molar-refractivity contribution in [1.29, 1.82) is 0 Å². The average Bonchev–Trinajstić information content (AvgIpc) is 3.29. The number of likely N-dealkylation sites (tertiary alicyclic amines) is 1. The van der Waals surface area contributed by atoms with Gasteiger partial charge in [-0.2, -0.15) is 0 Å². The summed E-state index contributed by atoms with van der Waals surface area (Å²) in [6.45, 7) is 2.80. The molecule has 2 aromatic carbocycles. The van der Waals surface area contributed by atoms with Crippen LogP contribution in [0.5, 0.6) is 0 Å². The highest BCUT2D eigenvalue weighted by Gasteiger charge is 2.28. The van der Waals surface area contributed by atoms with Crippen molar-refractivity contribution in [2.24, 2.45) is 0 Å². The summed E-state index contributed by atoms with van der Waals surface area (Å²) in [5, 5.41) is 11.4. The number of hydrogen-bond donors (Lipinski definition) is 0. The maximum atomic E-state index is 12.8. The van der Waals surface area contributed by atoms with Crippen molar-refractivity contribution in [3.05, 3.63) is 67.7 Å². The van der Waals surface area contributed by atoms with Gasteiger partial charge in [0.25, 0.3) is 11.6 Å². The molecule has 134 valence electrons. The number of fused-ring (bicyclic) bond motifs is 1. The Hall–Kier alpha value is -2.41. The Labute approximate surface area is 159 Å². The maximum absolute atomic E-state index is 12.8. The van der Waals surface area contributed by atoms with E-state index in [1.54, 1.807) is 17.0 Å². The Kier molecular flexibility index (Phi) is 4.40. The third kappa shape index (κ3) is 3.07. The standard InChI is InChI=1S/C19H18BrN3O3/c20-15-4-3-13-11-22(12-14(13)9-15)16-5-6-18(23(25)26)17(10-16)19(24)21-7-1-2-8-21/h3-6,9-10H,1-2,7-8,11-12H2. The van der Waals surface area contributed by atoms with Crippen molar-refractivity contribution in [2.45, 2.75) is 25.9 Å². The largest absolute Gasteiger partial charge is 0.363 e. The SMILES string of the molecule is O=C(c1cc(N2Cc3ccc(Br)cc3C2)ccc1[N+](=O)[O-])N1CCCC1. The molecule has 0 saturated carbocycles. The van der Waals surface area contributed by atoms with Crippen molar-refractivity contribution in [2.75, 3.05) is 18.0 Å². The summed E-state index contributed by atoms with van der Waals surface area (Å²) in [4.78, 5) is 27.6. The van der Waals surface area contributed by atoms with E-state index in [4.69, 9.17) is 0 Å². The summed E-state index contributed by atoms with van der Waals surface area (Å²) in [6, 6.07) is 11.1. The lowest BCUT2D eigenvalue weighted by atomic mass is 10.1. The molecule has 7 heteroatoms. The first-order valence-electron chi connectivity index (χ1n) is 8.63. The van der Waals surface area contributed by atoms with Gasteiger partial charge in [0.05, 0.1) is 4.92 Å². The summed E-state index contributed by atoms with van der Waals surface area (Å²) in [5.74, 6) is -0.240. The number of amides is 1. The molecule has 1 fully saturated rings. The van der Waals surface area contributed by atoms with Crippen molar-refractivity contribution in [3.63, 3.8) is 0 Å². The van der Waals surface area contributed by atoms with Crippen LogP contribution in [0.4, 0.5) is 11.4 Å². The molecule has 0 aliphatic carbocycles. The molecule has 0 unspecified atom stereocenters. The smallest absolute Gasteiger partial charge is 0.282 e. The van der Waals surface area contributed by atoms with Gasteiger partial charge in [-0.3, -0.25) is 14.9 Å². The molecular formula is C19H18BrN3O3. The van der Waals surface area contributed by atoms with Crippen LogP contribution in [0.3, 0.4) is 0 Å². The topological polar surface area (TPSA) is 66.7 Å². The summed E-state index contributed by atoms with van der Waals surface area (Å²) < 4.78 is 1.03. The molecule has 1 saturated heterocycles. The van der Waals surface area contributed by atoms with Gasteiger partial charge in [0, 0.05) is 42.4 Å². The van der Waals surface area contributed by atoms with Crippen molar-refractivity contribution in [1.82, 2.24) is 4.90 Å². The molecule has 2 aliphatic rings. The lowest BCUT2D eigenvalue weighted by Crippen LogP contribution is -2.28. The van der Waals surface area contributed by atoms with Crippen LogP contribution >= 0.6 is 15.9 Å². The molecule has 0 aromatic heterocycles. The normalized spacial score (nSPS) is 16.0. The number of hydrogen-bond acceptors (Lipinski definition) is 4. The van der Waals surface area contributed by atoms with E-state index in [1.807, 2.05) is 6.07 Å². The minimum absolute atomic E-state index is 0.120. The van der Waals surface area contributed by atoms with Gasteiger partial charge in [-0.25, -0.2) is 0 Å². The minimum Gasteiger partial charge on any atom is -0.363 e. The molecule has 2 heterocycles. The fraction of sp³-hybridized carbons (Fsp3) is 0.316. The van der Waals surface area contributed by atoms with E-state index in [1.165, 1.54) is 17.2 Å². The van der Waals surface area contributed by atoms with Crippen LogP contribution in [-0.4, -0.2) is 28.8 Å². The lowest BCUT2D eigenvalue weighted by Gasteiger charge is -2.20. The number of carbonyl (C=O) groups is 1. The van der Waals surface area contributed by atoms with Gasteiger partial charge >= 0.3 is 0 Å². The highest BCUT2D eigenvalue weighted by molar-refractivity contribution is 9.10. The van der Waals surface area contributed by atoms with E-state index in [9.17, 15) is 14.9 Å². The number of halogens is 1. The molecule has 0 N–H and O–H groups in total. The second-order valence-electron chi connectivity index (χ2n) is 6.73. The van der Waals surface area contributed by atoms with E-state index in [-0.39, 0.29) is 17.2 Å². The van der Waals surface area contributed by atoms with Crippen LogP contribution in [0, 0.1) is 10.1 Å². The Balaban J connectivity index is 1.67. The zero-order valence-corrected chi connectivity index (χ0v) is 15.7. The van der Waals surface area contributed by atoms with Gasteiger partial charge in [0.15, 0.2) is 0 Å². The van der Waals surface area contributed by atoms with Gasteiger partial charge in [0.2, 0.25) is 0 Å². The number of nitro benzene ring substituents is 1. The Morgan fingerprint density at radius 1 is 1.04 bits per heavy atom. The molecular weight excluding hydrogens is 398 g/mol. The fourth-order valence-corrected chi connectivity index (χ4v) is 4.10. The molecule has 26 heavy (non-hydrogen) atoms. The molecule has 2 aliphatic heterocycles. The van der Waals surface area contributed by atoms with Gasteiger partial charge in [-0.15, -0.1) is 0 Å². The summed E-state index contributed by atoms with van der Waals surface area (Å²) >= 11 is 3.49. The number of rotatable bonds is 3. The van der Waals surface area contributed by atoms with Crippen LogP contribution in [0.15, 0.2) is 40.9 Å². The first-order chi connectivity index (χ1) is 12.5. The molecule has 0 atom stereocenters. The summed E-state index contributed by atoms with van der Waals surface area (Å²) in [7, 11) is 0. The molecule has 2 aromatic rings. The lowest BCUT2D eigenvalue weighted by molar-refractivity contribution is -0.385. The molecule has 4 rings (SSSR count). The van der Waals surface area contributed by atoms with E-state index in [2.05, 4.69) is 33.0 Å². The van der Waals surface area contributed by atoms with Crippen molar-refractivity contribution >= 4 is 33.2 Å². The van der Waals surface area contributed by atoms with E-state index in [0.717, 1.165) is 36.1 Å². The van der Waals surface area contributed by atoms with E-state index in [0.29, 0.717) is 13.1 Å². The molecule has 6 nitrogen and oxygen atoms in total. The van der Waals surface area contributed by atoms with Gasteiger partial charge < -0.3 is 9.80 Å². The molecule has 0 spiro atoms. The zero-order valence-electron chi connectivity index (χ0n) is 14.2. The van der Waals surface area contributed by atoms with Crippen molar-refractivity contribution in [3.8, 4) is 0 Å². The highest BCUT2D eigenvalue weighted by atomic mass is 79.9. The van der Waals surface area contributed by atoms with E-state index < -0.39 is 4.92 Å². The van der Waals surface area contributed by atoms with Crippen LogP contribution < -0.4 is 4.90 Å². The van der Waals surface area contributed by atoms with Crippen LogP contribution in [0.25, 0.3) is 0 Å². The second kappa shape index (κ2) is 6.72. The van der Waals surface area contributed by atoms with Crippen LogP contribution in [-0.2, 0) is 13.1 Å². The Morgan fingerprint density at radius 2 is 1.77 bits per heavy atom. The average molecular weight is 416 g/mol.